The molecule has 5 heteroatoms. The molecule has 0 radical (unpaired) electrons. The number of phenolic OH excluding ortho intramolecular Hbond substituents is 1. The first-order valence-corrected chi connectivity index (χ1v) is 7.51. The van der Waals surface area contributed by atoms with Crippen LogP contribution in [0.1, 0.15) is 31.9 Å². The summed E-state index contributed by atoms with van der Waals surface area (Å²) in [5, 5.41) is 20.1. The minimum atomic E-state index is -0.233. The lowest BCUT2D eigenvalue weighted by Gasteiger charge is -2.24. The average Bonchev–Trinajstić information content (AvgIpc) is 2.82. The number of hydrogen-bond acceptors (Lipinski definition) is 3. The Morgan fingerprint density at radius 1 is 1.05 bits per heavy atom. The van der Waals surface area contributed by atoms with E-state index in [-0.39, 0.29) is 5.41 Å². The van der Waals surface area contributed by atoms with E-state index in [1.807, 2.05) is 25.1 Å². The van der Waals surface area contributed by atoms with Gasteiger partial charge in [0.1, 0.15) is 16.8 Å². The Kier molecular flexibility index (Phi) is 3.37. The van der Waals surface area contributed by atoms with Gasteiger partial charge in [-0.3, -0.25) is 0 Å². The molecule has 0 saturated heterocycles. The molecule has 3 aromatic rings. The van der Waals surface area contributed by atoms with Gasteiger partial charge in [0.25, 0.3) is 0 Å². The third-order valence-corrected chi connectivity index (χ3v) is 3.90. The number of hydrogen-bond donors (Lipinski definition) is 1. The lowest BCUT2D eigenvalue weighted by atomic mass is 9.84. The second kappa shape index (κ2) is 4.99. The van der Waals surface area contributed by atoms with E-state index in [0.717, 1.165) is 27.8 Å². The maximum absolute atomic E-state index is 10.5. The predicted molar refractivity (Wildman–Crippen MR) is 89.0 cm³/mol. The van der Waals surface area contributed by atoms with Crippen molar-refractivity contribution >= 4 is 22.6 Å². The van der Waals surface area contributed by atoms with Crippen LogP contribution in [0.4, 0.5) is 0 Å². The summed E-state index contributed by atoms with van der Waals surface area (Å²) in [5.74, 6) is 0.296. The van der Waals surface area contributed by atoms with Gasteiger partial charge in [-0.2, -0.15) is 0 Å². The van der Waals surface area contributed by atoms with Crippen molar-refractivity contribution in [1.29, 1.82) is 0 Å². The highest BCUT2D eigenvalue weighted by atomic mass is 35.5. The van der Waals surface area contributed by atoms with Gasteiger partial charge in [-0.25, -0.2) is 0 Å². The zero-order chi connectivity index (χ0) is 16.1. The summed E-state index contributed by atoms with van der Waals surface area (Å²) < 4.78 is 0. The molecule has 3 rings (SSSR count). The Bertz CT molecular complexity index is 862. The fourth-order valence-corrected chi connectivity index (χ4v) is 2.75. The minimum absolute atomic E-state index is 0.233. The molecule has 4 nitrogen and oxygen atoms in total. The van der Waals surface area contributed by atoms with E-state index in [1.54, 1.807) is 16.9 Å². The predicted octanol–water partition coefficient (Wildman–Crippen LogP) is 4.39. The molecule has 114 valence electrons. The van der Waals surface area contributed by atoms with Crippen molar-refractivity contribution in [3.63, 3.8) is 0 Å². The van der Waals surface area contributed by atoms with Crippen molar-refractivity contribution in [2.45, 2.75) is 33.1 Å². The van der Waals surface area contributed by atoms with Crippen LogP contribution in [-0.4, -0.2) is 20.1 Å². The fraction of sp³-hybridized carbons (Fsp3) is 0.294. The zero-order valence-corrected chi connectivity index (χ0v) is 13.8. The normalized spacial score (nSPS) is 12.0. The summed E-state index contributed by atoms with van der Waals surface area (Å²) in [6.45, 7) is 8.07. The standard InChI is InChI=1S/C17H18ClN3O/c1-10-5-8-14(15(16(10)22)17(2,3)4)21-19-12-7-6-11(18)9-13(12)20-21/h5-9,22H,1-4H3. The monoisotopic (exact) mass is 315 g/mol. The Hall–Kier alpha value is -2.07. The highest BCUT2D eigenvalue weighted by molar-refractivity contribution is 6.31. The highest BCUT2D eigenvalue weighted by Gasteiger charge is 2.25. The SMILES string of the molecule is Cc1ccc(-n2nc3ccc(Cl)cc3n2)c(C(C)(C)C)c1O. The van der Waals surface area contributed by atoms with Crippen LogP contribution in [-0.2, 0) is 5.41 Å². The number of rotatable bonds is 1. The van der Waals surface area contributed by atoms with E-state index in [4.69, 9.17) is 11.6 Å². The Morgan fingerprint density at radius 3 is 2.41 bits per heavy atom. The van der Waals surface area contributed by atoms with E-state index in [0.29, 0.717) is 10.8 Å². The molecule has 0 fully saturated rings. The van der Waals surface area contributed by atoms with Crippen LogP contribution in [0, 0.1) is 6.92 Å². The molecule has 1 aromatic heterocycles. The zero-order valence-electron chi connectivity index (χ0n) is 13.1. The molecule has 0 amide bonds. The average molecular weight is 316 g/mol. The number of aryl methyl sites for hydroxylation is 1. The largest absolute Gasteiger partial charge is 0.507 e. The third-order valence-electron chi connectivity index (χ3n) is 3.67. The summed E-state index contributed by atoms with van der Waals surface area (Å²) in [5.41, 5.74) is 3.72. The van der Waals surface area contributed by atoms with Crippen LogP contribution in [0.2, 0.25) is 5.02 Å². The first kappa shape index (κ1) is 14.9. The molecule has 0 saturated carbocycles. The first-order chi connectivity index (χ1) is 10.3. The summed E-state index contributed by atoms with van der Waals surface area (Å²) in [6.07, 6.45) is 0. The fourth-order valence-electron chi connectivity index (χ4n) is 2.59. The van der Waals surface area contributed by atoms with Crippen molar-refractivity contribution in [1.82, 2.24) is 15.0 Å². The second-order valence-corrected chi connectivity index (χ2v) is 6.93. The molecule has 0 aliphatic rings. The van der Waals surface area contributed by atoms with Crippen molar-refractivity contribution in [3.8, 4) is 11.4 Å². The van der Waals surface area contributed by atoms with Crippen LogP contribution in [0.3, 0.4) is 0 Å². The van der Waals surface area contributed by atoms with Crippen LogP contribution < -0.4 is 0 Å². The Balaban J connectivity index is 2.28. The van der Waals surface area contributed by atoms with E-state index < -0.39 is 0 Å². The molecule has 2 aromatic carbocycles. The van der Waals surface area contributed by atoms with E-state index in [9.17, 15) is 5.11 Å². The summed E-state index contributed by atoms with van der Waals surface area (Å²) in [7, 11) is 0. The van der Waals surface area contributed by atoms with Crippen molar-refractivity contribution < 1.29 is 5.11 Å². The smallest absolute Gasteiger partial charge is 0.124 e. The van der Waals surface area contributed by atoms with Crippen molar-refractivity contribution in [2.75, 3.05) is 0 Å². The quantitative estimate of drug-likeness (QED) is 0.724. The highest BCUT2D eigenvalue weighted by Crippen LogP contribution is 2.37. The molecular weight excluding hydrogens is 298 g/mol. The maximum Gasteiger partial charge on any atom is 0.124 e. The van der Waals surface area contributed by atoms with Gasteiger partial charge in [0.05, 0.1) is 5.69 Å². The second-order valence-electron chi connectivity index (χ2n) is 6.50. The number of nitrogens with zero attached hydrogens (tertiary/aromatic N) is 3. The van der Waals surface area contributed by atoms with Gasteiger partial charge in [0, 0.05) is 10.6 Å². The van der Waals surface area contributed by atoms with Crippen LogP contribution in [0.15, 0.2) is 30.3 Å². The van der Waals surface area contributed by atoms with Gasteiger partial charge in [-0.05, 0) is 42.2 Å². The van der Waals surface area contributed by atoms with Crippen LogP contribution >= 0.6 is 11.6 Å². The number of halogens is 1. The number of phenols is 1. The molecule has 0 aliphatic carbocycles. The number of aromatic hydroxyl groups is 1. The lowest BCUT2D eigenvalue weighted by molar-refractivity contribution is 0.440. The molecule has 22 heavy (non-hydrogen) atoms. The summed E-state index contributed by atoms with van der Waals surface area (Å²) >= 11 is 6.01. The Morgan fingerprint density at radius 2 is 1.73 bits per heavy atom. The molecular formula is C17H18ClN3O. The molecule has 1 N–H and O–H groups in total. The Labute approximate surface area is 134 Å². The number of fused-ring (bicyclic) bond motifs is 1. The summed E-state index contributed by atoms with van der Waals surface area (Å²) in [4.78, 5) is 1.57. The van der Waals surface area contributed by atoms with Gasteiger partial charge in [-0.15, -0.1) is 15.0 Å². The van der Waals surface area contributed by atoms with Gasteiger partial charge in [-0.1, -0.05) is 38.4 Å². The molecule has 0 atom stereocenters. The molecule has 0 spiro atoms. The topological polar surface area (TPSA) is 50.9 Å². The molecule has 0 bridgehead atoms. The van der Waals surface area contributed by atoms with E-state index >= 15 is 0 Å². The van der Waals surface area contributed by atoms with E-state index in [1.165, 1.54) is 0 Å². The lowest BCUT2D eigenvalue weighted by Crippen LogP contribution is -2.17. The number of benzene rings is 2. The first-order valence-electron chi connectivity index (χ1n) is 7.13. The maximum atomic E-state index is 10.5. The molecule has 0 unspecified atom stereocenters. The van der Waals surface area contributed by atoms with Gasteiger partial charge in [0.15, 0.2) is 0 Å². The number of aromatic nitrogens is 3. The van der Waals surface area contributed by atoms with Crippen LogP contribution in [0.5, 0.6) is 5.75 Å². The summed E-state index contributed by atoms with van der Waals surface area (Å²) in [6, 6.07) is 9.23. The van der Waals surface area contributed by atoms with Crippen LogP contribution in [0.25, 0.3) is 16.7 Å². The molecule has 1 heterocycles. The molecule has 0 aliphatic heterocycles. The van der Waals surface area contributed by atoms with Gasteiger partial charge < -0.3 is 5.11 Å². The van der Waals surface area contributed by atoms with Gasteiger partial charge >= 0.3 is 0 Å². The third kappa shape index (κ3) is 2.44. The van der Waals surface area contributed by atoms with Crippen molar-refractivity contribution in [3.05, 3.63) is 46.5 Å². The van der Waals surface area contributed by atoms with Crippen molar-refractivity contribution in [2.24, 2.45) is 0 Å². The minimum Gasteiger partial charge on any atom is -0.507 e. The van der Waals surface area contributed by atoms with Gasteiger partial charge in [0.2, 0.25) is 0 Å². The van der Waals surface area contributed by atoms with E-state index in [2.05, 4.69) is 31.0 Å².